The summed E-state index contributed by atoms with van der Waals surface area (Å²) in [4.78, 5) is 23.7. The minimum Gasteiger partial charge on any atom is -0.356 e. The summed E-state index contributed by atoms with van der Waals surface area (Å²) in [6.07, 6.45) is 6.18. The molecule has 30 heavy (non-hydrogen) atoms. The number of aromatic nitrogens is 2. The number of nitrogens with zero attached hydrogens (tertiary/aromatic N) is 3. The number of anilines is 1. The molecule has 0 radical (unpaired) electrons. The molecule has 3 aromatic rings. The van der Waals surface area contributed by atoms with Crippen molar-refractivity contribution in [2.45, 2.75) is 19.3 Å². The number of carbonyl (C=O) groups excluding carboxylic acids is 1. The Morgan fingerprint density at radius 2 is 1.63 bits per heavy atom. The monoisotopic (exact) mass is 420 g/mol. The first-order chi connectivity index (χ1) is 14.7. The van der Waals surface area contributed by atoms with Crippen molar-refractivity contribution in [1.82, 2.24) is 15.3 Å². The van der Waals surface area contributed by atoms with Gasteiger partial charge >= 0.3 is 0 Å². The highest BCUT2D eigenvalue weighted by molar-refractivity contribution is 6.30. The van der Waals surface area contributed by atoms with Gasteiger partial charge in [0, 0.05) is 48.5 Å². The van der Waals surface area contributed by atoms with Gasteiger partial charge in [0.25, 0.3) is 0 Å². The van der Waals surface area contributed by atoms with Crippen molar-refractivity contribution in [3.63, 3.8) is 0 Å². The number of piperidine rings is 1. The third-order valence-corrected chi connectivity index (χ3v) is 5.77. The number of hydrogen-bond acceptors (Lipinski definition) is 4. The second-order valence-electron chi connectivity index (χ2n) is 7.57. The van der Waals surface area contributed by atoms with Crippen molar-refractivity contribution in [3.8, 4) is 11.1 Å². The predicted octanol–water partition coefficient (Wildman–Crippen LogP) is 4.37. The van der Waals surface area contributed by atoms with Crippen molar-refractivity contribution in [3.05, 3.63) is 77.6 Å². The maximum Gasteiger partial charge on any atom is 0.225 e. The molecule has 1 aliphatic heterocycles. The zero-order chi connectivity index (χ0) is 20.8. The van der Waals surface area contributed by atoms with Gasteiger partial charge in [0.05, 0.1) is 0 Å². The van der Waals surface area contributed by atoms with Crippen LogP contribution in [0.25, 0.3) is 11.1 Å². The first kappa shape index (κ1) is 20.4. The molecule has 154 valence electrons. The van der Waals surface area contributed by atoms with E-state index >= 15 is 0 Å². The molecule has 0 unspecified atom stereocenters. The average Bonchev–Trinajstić information content (AvgIpc) is 2.80. The quantitative estimate of drug-likeness (QED) is 0.643. The van der Waals surface area contributed by atoms with Crippen LogP contribution in [0.15, 0.2) is 67.0 Å². The highest BCUT2D eigenvalue weighted by atomic mass is 35.5. The van der Waals surface area contributed by atoms with E-state index in [-0.39, 0.29) is 11.8 Å². The van der Waals surface area contributed by atoms with E-state index in [2.05, 4.69) is 32.3 Å². The molecule has 0 saturated carbocycles. The fourth-order valence-corrected chi connectivity index (χ4v) is 3.86. The molecule has 1 N–H and O–H groups in total. The topological polar surface area (TPSA) is 58.1 Å². The number of rotatable bonds is 6. The standard InChI is InChI=1S/C24H25ClN4O/c25-22-8-6-19(7-9-22)21-16-27-24(28-17-21)29-14-11-20(12-15-29)23(30)26-13-10-18-4-2-1-3-5-18/h1-9,16-17,20H,10-15H2,(H,26,30). The van der Waals surface area contributed by atoms with Crippen LogP contribution in [0.2, 0.25) is 5.02 Å². The van der Waals surface area contributed by atoms with Crippen LogP contribution in [0, 0.1) is 5.92 Å². The third kappa shape index (κ3) is 5.16. The van der Waals surface area contributed by atoms with Gasteiger partial charge in [0.1, 0.15) is 0 Å². The van der Waals surface area contributed by atoms with Gasteiger partial charge in [-0.2, -0.15) is 0 Å². The molecule has 1 amide bonds. The molecular formula is C24H25ClN4O. The van der Waals surface area contributed by atoms with E-state index < -0.39 is 0 Å². The summed E-state index contributed by atoms with van der Waals surface area (Å²) in [6.45, 7) is 2.26. The number of halogens is 1. The Hall–Kier alpha value is -2.92. The van der Waals surface area contributed by atoms with Gasteiger partial charge in [-0.1, -0.05) is 54.1 Å². The van der Waals surface area contributed by atoms with Crippen LogP contribution in [0.1, 0.15) is 18.4 Å². The van der Waals surface area contributed by atoms with Crippen LogP contribution in [-0.4, -0.2) is 35.5 Å². The summed E-state index contributed by atoms with van der Waals surface area (Å²) in [5.41, 5.74) is 3.24. The number of nitrogens with one attached hydrogen (secondary N) is 1. The SMILES string of the molecule is O=C(NCCc1ccccc1)C1CCN(c2ncc(-c3ccc(Cl)cc3)cn2)CC1. The first-order valence-corrected chi connectivity index (χ1v) is 10.7. The molecule has 4 rings (SSSR count). The molecular weight excluding hydrogens is 396 g/mol. The molecule has 6 heteroatoms. The molecule has 2 heterocycles. The Morgan fingerprint density at radius 1 is 0.967 bits per heavy atom. The summed E-state index contributed by atoms with van der Waals surface area (Å²) >= 11 is 5.95. The molecule has 2 aromatic carbocycles. The second-order valence-corrected chi connectivity index (χ2v) is 8.00. The van der Waals surface area contributed by atoms with Crippen LogP contribution in [0.5, 0.6) is 0 Å². The van der Waals surface area contributed by atoms with Crippen LogP contribution >= 0.6 is 11.6 Å². The Morgan fingerprint density at radius 3 is 2.30 bits per heavy atom. The van der Waals surface area contributed by atoms with Gasteiger partial charge in [-0.25, -0.2) is 9.97 Å². The molecule has 1 aromatic heterocycles. The van der Waals surface area contributed by atoms with E-state index in [1.165, 1.54) is 5.56 Å². The van der Waals surface area contributed by atoms with Gasteiger partial charge in [-0.15, -0.1) is 0 Å². The smallest absolute Gasteiger partial charge is 0.225 e. The third-order valence-electron chi connectivity index (χ3n) is 5.52. The molecule has 5 nitrogen and oxygen atoms in total. The van der Waals surface area contributed by atoms with Gasteiger partial charge in [-0.05, 0) is 42.5 Å². The minimum atomic E-state index is 0.0605. The van der Waals surface area contributed by atoms with Crippen molar-refractivity contribution < 1.29 is 4.79 Å². The summed E-state index contributed by atoms with van der Waals surface area (Å²) < 4.78 is 0. The van der Waals surface area contributed by atoms with Gasteiger partial charge < -0.3 is 10.2 Å². The van der Waals surface area contributed by atoms with Crippen LogP contribution in [-0.2, 0) is 11.2 Å². The molecule has 1 aliphatic rings. The minimum absolute atomic E-state index is 0.0605. The Bertz CT molecular complexity index is 953. The van der Waals surface area contributed by atoms with Crippen molar-refractivity contribution in [1.29, 1.82) is 0 Å². The molecule has 0 bridgehead atoms. The van der Waals surface area contributed by atoms with E-state index in [4.69, 9.17) is 11.6 Å². The van der Waals surface area contributed by atoms with Gasteiger partial charge in [-0.3, -0.25) is 4.79 Å². The van der Waals surface area contributed by atoms with Crippen molar-refractivity contribution in [2.75, 3.05) is 24.5 Å². The maximum absolute atomic E-state index is 12.5. The highest BCUT2D eigenvalue weighted by Gasteiger charge is 2.25. The molecule has 1 fully saturated rings. The largest absolute Gasteiger partial charge is 0.356 e. The highest BCUT2D eigenvalue weighted by Crippen LogP contribution is 2.24. The molecule has 0 atom stereocenters. The fourth-order valence-electron chi connectivity index (χ4n) is 3.74. The average molecular weight is 421 g/mol. The molecule has 1 saturated heterocycles. The van der Waals surface area contributed by atoms with Gasteiger partial charge in [0.2, 0.25) is 11.9 Å². The molecule has 0 aliphatic carbocycles. The predicted molar refractivity (Wildman–Crippen MR) is 121 cm³/mol. The lowest BCUT2D eigenvalue weighted by atomic mass is 9.96. The van der Waals surface area contributed by atoms with Crippen molar-refractivity contribution >= 4 is 23.5 Å². The van der Waals surface area contributed by atoms with E-state index in [0.29, 0.717) is 11.6 Å². The lowest BCUT2D eigenvalue weighted by molar-refractivity contribution is -0.125. The summed E-state index contributed by atoms with van der Waals surface area (Å²) in [5, 5.41) is 3.80. The van der Waals surface area contributed by atoms with Crippen molar-refractivity contribution in [2.24, 2.45) is 5.92 Å². The number of amides is 1. The van der Waals surface area contributed by atoms with Crippen LogP contribution in [0.3, 0.4) is 0 Å². The maximum atomic E-state index is 12.5. The normalized spacial score (nSPS) is 14.5. The number of benzene rings is 2. The van der Waals surface area contributed by atoms with Crippen LogP contribution < -0.4 is 10.2 Å². The summed E-state index contributed by atoms with van der Waals surface area (Å²) in [6, 6.07) is 17.9. The second kappa shape index (κ2) is 9.72. The van der Waals surface area contributed by atoms with E-state index in [9.17, 15) is 4.79 Å². The van der Waals surface area contributed by atoms with E-state index in [1.54, 1.807) is 0 Å². The number of hydrogen-bond donors (Lipinski definition) is 1. The number of carbonyl (C=O) groups is 1. The molecule has 0 spiro atoms. The van der Waals surface area contributed by atoms with E-state index in [0.717, 1.165) is 49.4 Å². The Labute approximate surface area is 182 Å². The van der Waals surface area contributed by atoms with E-state index in [1.807, 2.05) is 54.9 Å². The zero-order valence-corrected chi connectivity index (χ0v) is 17.6. The summed E-state index contributed by atoms with van der Waals surface area (Å²) in [5.74, 6) is 0.936. The summed E-state index contributed by atoms with van der Waals surface area (Å²) in [7, 11) is 0. The fraction of sp³-hybridized carbons (Fsp3) is 0.292. The zero-order valence-electron chi connectivity index (χ0n) is 16.8. The first-order valence-electron chi connectivity index (χ1n) is 10.3. The lowest BCUT2D eigenvalue weighted by Crippen LogP contribution is -2.41. The van der Waals surface area contributed by atoms with Crippen LogP contribution in [0.4, 0.5) is 5.95 Å². The van der Waals surface area contributed by atoms with Gasteiger partial charge in [0.15, 0.2) is 0 Å². The Kier molecular flexibility index (Phi) is 6.60. The Balaban J connectivity index is 1.25. The lowest BCUT2D eigenvalue weighted by Gasteiger charge is -2.31.